The predicted octanol–water partition coefficient (Wildman–Crippen LogP) is 5.34. The highest BCUT2D eigenvalue weighted by atomic mass is 35.5. The number of hydrogen-bond acceptors (Lipinski definition) is 6. The molecule has 0 amide bonds. The fraction of sp³-hybridized carbons (Fsp3) is 0.211. The van der Waals surface area contributed by atoms with E-state index in [4.69, 9.17) is 32.7 Å². The summed E-state index contributed by atoms with van der Waals surface area (Å²) in [5.74, 6) is -0.0621. The van der Waals surface area contributed by atoms with Crippen molar-refractivity contribution in [3.05, 3.63) is 58.5 Å². The van der Waals surface area contributed by atoms with Crippen LogP contribution in [0.4, 0.5) is 0 Å². The van der Waals surface area contributed by atoms with E-state index in [0.29, 0.717) is 16.5 Å². The van der Waals surface area contributed by atoms with Crippen LogP contribution in [0.5, 0.6) is 5.75 Å². The normalized spacial score (nSPS) is 12.0. The van der Waals surface area contributed by atoms with Gasteiger partial charge in [-0.05, 0) is 43.5 Å². The second-order valence-electron chi connectivity index (χ2n) is 5.50. The third-order valence-corrected chi connectivity index (χ3v) is 5.12. The minimum atomic E-state index is -1.06. The number of carbonyl (C=O) groups is 1. The Balaban J connectivity index is 1.96. The Morgan fingerprint density at radius 1 is 1.15 bits per heavy atom. The van der Waals surface area contributed by atoms with Crippen LogP contribution in [0.3, 0.4) is 0 Å². The number of pyridine rings is 2. The largest absolute Gasteiger partial charge is 0.472 e. The van der Waals surface area contributed by atoms with Crippen LogP contribution in [-0.2, 0) is 9.53 Å². The molecule has 1 unspecified atom stereocenters. The molecule has 0 aliphatic heterocycles. The number of aromatic nitrogens is 2. The number of rotatable bonds is 6. The molecule has 1 atom stereocenters. The maximum atomic E-state index is 12.4. The molecule has 0 spiro atoms. The van der Waals surface area contributed by atoms with Crippen molar-refractivity contribution in [3.8, 4) is 5.75 Å². The Morgan fingerprint density at radius 3 is 2.67 bits per heavy atom. The van der Waals surface area contributed by atoms with Crippen LogP contribution in [0.1, 0.15) is 18.7 Å². The smallest absolute Gasteiger partial charge is 0.353 e. The Morgan fingerprint density at radius 2 is 1.96 bits per heavy atom. The van der Waals surface area contributed by atoms with Crippen LogP contribution < -0.4 is 4.74 Å². The van der Waals surface area contributed by atoms with E-state index in [1.54, 1.807) is 24.8 Å². The molecule has 1 aromatic carbocycles. The van der Waals surface area contributed by atoms with Crippen LogP contribution in [0.15, 0.2) is 47.6 Å². The summed E-state index contributed by atoms with van der Waals surface area (Å²) < 4.78 is 11.0. The zero-order valence-corrected chi connectivity index (χ0v) is 16.9. The number of carbonyl (C=O) groups excluding carboxylic acids is 1. The summed E-state index contributed by atoms with van der Waals surface area (Å²) >= 11 is 13.6. The lowest BCUT2D eigenvalue weighted by Crippen LogP contribution is -2.22. The maximum Gasteiger partial charge on any atom is 0.353 e. The summed E-state index contributed by atoms with van der Waals surface area (Å²) in [6.45, 7) is 1.95. The van der Waals surface area contributed by atoms with E-state index in [1.807, 2.05) is 30.7 Å². The van der Waals surface area contributed by atoms with Crippen molar-refractivity contribution in [2.24, 2.45) is 0 Å². The summed E-state index contributed by atoms with van der Waals surface area (Å²) in [6.07, 6.45) is 4.11. The zero-order valence-electron chi connectivity index (χ0n) is 14.6. The number of fused-ring (bicyclic) bond motifs is 1. The van der Waals surface area contributed by atoms with Crippen molar-refractivity contribution in [1.82, 2.24) is 9.97 Å². The Labute approximate surface area is 171 Å². The Kier molecular flexibility index (Phi) is 6.42. The van der Waals surface area contributed by atoms with Crippen molar-refractivity contribution in [2.45, 2.75) is 17.9 Å². The van der Waals surface area contributed by atoms with Crippen LogP contribution in [0.2, 0.25) is 10.0 Å². The fourth-order valence-electron chi connectivity index (χ4n) is 2.43. The van der Waals surface area contributed by atoms with Crippen LogP contribution in [-0.4, -0.2) is 28.8 Å². The number of esters is 1. The van der Waals surface area contributed by atoms with E-state index in [9.17, 15) is 4.79 Å². The molecule has 27 heavy (non-hydrogen) atoms. The van der Waals surface area contributed by atoms with Gasteiger partial charge in [0.05, 0.1) is 27.9 Å². The van der Waals surface area contributed by atoms with Gasteiger partial charge >= 0.3 is 5.97 Å². The van der Waals surface area contributed by atoms with Crippen LogP contribution in [0, 0.1) is 0 Å². The third kappa shape index (κ3) is 4.64. The molecule has 0 saturated heterocycles. The lowest BCUT2D eigenvalue weighted by atomic mass is 10.2. The zero-order chi connectivity index (χ0) is 19.4. The maximum absolute atomic E-state index is 12.4. The number of ether oxygens (including phenoxy) is 2. The molecule has 0 fully saturated rings. The van der Waals surface area contributed by atoms with Gasteiger partial charge < -0.3 is 9.47 Å². The minimum Gasteiger partial charge on any atom is -0.472 e. The van der Waals surface area contributed by atoms with Gasteiger partial charge in [-0.25, -0.2) is 4.79 Å². The molecule has 0 bridgehead atoms. The highest BCUT2D eigenvalue weighted by Crippen LogP contribution is 2.29. The number of nitrogens with zero attached hydrogens (tertiary/aromatic N) is 2. The number of benzene rings is 1. The molecule has 0 saturated carbocycles. The molecule has 5 nitrogen and oxygen atoms in total. The summed E-state index contributed by atoms with van der Waals surface area (Å²) in [5.41, 5.74) is 1.15. The van der Waals surface area contributed by atoms with E-state index in [-0.39, 0.29) is 11.6 Å². The Hall–Kier alpha value is -2.02. The molecule has 0 N–H and O–H groups in total. The van der Waals surface area contributed by atoms with Gasteiger partial charge in [0, 0.05) is 22.7 Å². The van der Waals surface area contributed by atoms with E-state index in [2.05, 4.69) is 9.97 Å². The molecular formula is C19H16Cl2N2O3S. The monoisotopic (exact) mass is 422 g/mol. The summed E-state index contributed by atoms with van der Waals surface area (Å²) in [7, 11) is 0. The minimum absolute atomic E-state index is 0.221. The van der Waals surface area contributed by atoms with E-state index >= 15 is 0 Å². The van der Waals surface area contributed by atoms with Gasteiger partial charge in [0.15, 0.2) is 0 Å². The lowest BCUT2D eigenvalue weighted by Gasteiger charge is -2.18. The summed E-state index contributed by atoms with van der Waals surface area (Å²) in [4.78, 5) is 22.0. The first-order valence-corrected chi connectivity index (χ1v) is 10.1. The molecule has 0 aliphatic rings. The first-order chi connectivity index (χ1) is 13.0. The average molecular weight is 423 g/mol. The van der Waals surface area contributed by atoms with Gasteiger partial charge in [0.2, 0.25) is 6.10 Å². The topological polar surface area (TPSA) is 61.3 Å². The Bertz CT molecular complexity index is 984. The first-order valence-electron chi connectivity index (χ1n) is 8.10. The molecule has 3 aromatic rings. The highest BCUT2D eigenvalue weighted by molar-refractivity contribution is 7.98. The van der Waals surface area contributed by atoms with Crippen molar-refractivity contribution in [1.29, 1.82) is 0 Å². The summed E-state index contributed by atoms with van der Waals surface area (Å²) in [5, 5.41) is 1.49. The van der Waals surface area contributed by atoms with Gasteiger partial charge in [0.25, 0.3) is 0 Å². The van der Waals surface area contributed by atoms with Crippen molar-refractivity contribution >= 4 is 51.8 Å². The summed E-state index contributed by atoms with van der Waals surface area (Å²) in [6, 6.07) is 8.92. The number of halogens is 2. The van der Waals surface area contributed by atoms with Crippen LogP contribution >= 0.6 is 35.0 Å². The molecular weight excluding hydrogens is 407 g/mol. The number of hydrogen-bond donors (Lipinski definition) is 0. The molecule has 0 aliphatic carbocycles. The van der Waals surface area contributed by atoms with Gasteiger partial charge in [-0.3, -0.25) is 9.97 Å². The van der Waals surface area contributed by atoms with Crippen molar-refractivity contribution in [3.63, 3.8) is 0 Å². The van der Waals surface area contributed by atoms with Crippen LogP contribution in [0.25, 0.3) is 10.9 Å². The lowest BCUT2D eigenvalue weighted by molar-refractivity contribution is -0.152. The highest BCUT2D eigenvalue weighted by Gasteiger charge is 2.26. The second-order valence-corrected chi connectivity index (χ2v) is 7.20. The van der Waals surface area contributed by atoms with E-state index < -0.39 is 12.1 Å². The average Bonchev–Trinajstić information content (AvgIpc) is 2.67. The molecule has 2 aromatic heterocycles. The quantitative estimate of drug-likeness (QED) is 0.394. The second kappa shape index (κ2) is 8.78. The predicted molar refractivity (Wildman–Crippen MR) is 108 cm³/mol. The molecule has 140 valence electrons. The van der Waals surface area contributed by atoms with Crippen molar-refractivity contribution in [2.75, 3.05) is 12.9 Å². The third-order valence-electron chi connectivity index (χ3n) is 3.72. The molecule has 8 heteroatoms. The van der Waals surface area contributed by atoms with E-state index in [0.717, 1.165) is 15.8 Å². The number of thioether (sulfide) groups is 1. The van der Waals surface area contributed by atoms with E-state index in [1.165, 1.54) is 12.3 Å². The molecule has 3 rings (SSSR count). The SMILES string of the molecule is CCOC(=O)C(Oc1ccc2ncc(SC)cc2c1)c1cc(Cl)c(Cl)cn1. The standard InChI is InChI=1S/C19H16Cl2N2O3S/c1-3-25-19(24)18(17-8-14(20)15(21)10-23-17)26-12-4-5-16-11(6-12)7-13(27-2)9-22-16/h4-10,18H,3H2,1-2H3. The van der Waals surface area contributed by atoms with Gasteiger partial charge in [-0.2, -0.15) is 0 Å². The van der Waals surface area contributed by atoms with Crippen molar-refractivity contribution < 1.29 is 14.3 Å². The van der Waals surface area contributed by atoms with Gasteiger partial charge in [0.1, 0.15) is 5.75 Å². The molecule has 2 heterocycles. The van der Waals surface area contributed by atoms with Gasteiger partial charge in [-0.15, -0.1) is 11.8 Å². The van der Waals surface area contributed by atoms with Gasteiger partial charge in [-0.1, -0.05) is 23.2 Å². The first kappa shape index (κ1) is 19.7. The fourth-order valence-corrected chi connectivity index (χ4v) is 3.10. The molecule has 0 radical (unpaired) electrons.